The highest BCUT2D eigenvalue weighted by Crippen LogP contribution is 2.34. The highest BCUT2D eigenvalue weighted by molar-refractivity contribution is 7.09. The van der Waals surface area contributed by atoms with Gasteiger partial charge in [0.1, 0.15) is 69.2 Å². The van der Waals surface area contributed by atoms with Gasteiger partial charge < -0.3 is 15.5 Å². The molecule has 2 fully saturated rings. The molecule has 2 aliphatic heterocycles. The number of likely N-dealkylation sites (N-methyl/N-ethyl adjacent to an activating group) is 1. The lowest BCUT2D eigenvalue weighted by Gasteiger charge is -2.24. The number of fused-ring (bicyclic) bond motifs is 4. The lowest BCUT2D eigenvalue weighted by molar-refractivity contribution is 0.410. The Labute approximate surface area is 652 Å². The molecule has 32 heteroatoms. The number of H-pyrrole nitrogens is 8. The minimum atomic E-state index is -0.449. The van der Waals surface area contributed by atoms with Gasteiger partial charge in [-0.1, -0.05) is 78.9 Å². The Kier molecular flexibility index (Phi) is 22.0. The van der Waals surface area contributed by atoms with Crippen molar-refractivity contribution in [1.29, 1.82) is 0 Å². The van der Waals surface area contributed by atoms with Crippen molar-refractivity contribution >= 4 is 104 Å². The molecule has 11 heterocycles. The van der Waals surface area contributed by atoms with E-state index in [2.05, 4.69) is 117 Å². The van der Waals surface area contributed by atoms with Crippen molar-refractivity contribution in [2.45, 2.75) is 24.7 Å². The molecule has 0 aliphatic carbocycles. The van der Waals surface area contributed by atoms with Crippen LogP contribution in [0.3, 0.4) is 0 Å². The van der Waals surface area contributed by atoms with E-state index in [0.717, 1.165) is 94.5 Å². The van der Waals surface area contributed by atoms with Gasteiger partial charge >= 0.3 is 0 Å². The molecule has 576 valence electrons. The summed E-state index contributed by atoms with van der Waals surface area (Å²) < 4.78 is 111. The molecule has 8 aromatic carbocycles. The zero-order chi connectivity index (χ0) is 79.1. The molecule has 115 heavy (non-hydrogen) atoms. The summed E-state index contributed by atoms with van der Waals surface area (Å²) in [4.78, 5) is 21.1. The van der Waals surface area contributed by atoms with E-state index in [1.54, 1.807) is 96.3 Å². The largest absolute Gasteiger partial charge is 0.315 e. The van der Waals surface area contributed by atoms with Crippen LogP contribution in [0.4, 0.5) is 35.1 Å². The average Bonchev–Trinajstić information content (AvgIpc) is 1.66. The third-order valence-electron chi connectivity index (χ3n) is 19.0. The normalized spacial score (nSPS) is 13.2. The molecule has 9 aromatic heterocycles. The minimum absolute atomic E-state index is 0.246. The molecule has 0 radical (unpaired) electrons. The highest BCUT2D eigenvalue weighted by atomic mass is 32.1. The Morgan fingerprint density at radius 3 is 1.23 bits per heavy atom. The average molecular weight is 1570 g/mol. The van der Waals surface area contributed by atoms with Gasteiger partial charge in [0, 0.05) is 107 Å². The molecule has 2 saturated heterocycles. The van der Waals surface area contributed by atoms with Crippen LogP contribution in [-0.4, -0.2) is 153 Å². The first-order chi connectivity index (χ1) is 56.0. The summed E-state index contributed by atoms with van der Waals surface area (Å²) in [5, 5.41) is 67.6. The van der Waals surface area contributed by atoms with Crippen molar-refractivity contribution in [2.24, 2.45) is 0 Å². The number of nitrogens with one attached hydrogen (secondary N) is 10. The summed E-state index contributed by atoms with van der Waals surface area (Å²) in [6.45, 7) is 4.25. The zero-order valence-electron chi connectivity index (χ0n) is 61.1. The third kappa shape index (κ3) is 17.6. The smallest absolute Gasteiger partial charge is 0.184 e. The number of hydrogen-bond donors (Lipinski definition) is 10. The Morgan fingerprint density at radius 2 is 0.791 bits per heavy atom. The van der Waals surface area contributed by atoms with Gasteiger partial charge in [0.05, 0.1) is 44.9 Å². The number of aromatic nitrogens is 20. The molecule has 2 aliphatic rings. The maximum absolute atomic E-state index is 14.7. The molecule has 0 bridgehead atoms. The van der Waals surface area contributed by atoms with Crippen LogP contribution in [0.25, 0.3) is 138 Å². The van der Waals surface area contributed by atoms with Gasteiger partial charge in [0.25, 0.3) is 0 Å². The van der Waals surface area contributed by atoms with E-state index in [4.69, 9.17) is 0 Å². The number of aromatic amines is 8. The molecule has 19 rings (SSSR count). The summed E-state index contributed by atoms with van der Waals surface area (Å²) in [5.74, 6) is 2.22. The maximum atomic E-state index is 14.7. The van der Waals surface area contributed by atoms with Gasteiger partial charge in [0.15, 0.2) is 34.9 Å². The number of rotatable bonds is 19. The Bertz CT molecular complexity index is 6380. The molecular weight excluding hydrogens is 1500 g/mol. The number of thiophene rings is 1. The molecule has 23 nitrogen and oxygen atoms in total. The summed E-state index contributed by atoms with van der Waals surface area (Å²) in [6.07, 6.45) is 15.8. The van der Waals surface area contributed by atoms with Crippen LogP contribution in [0.15, 0.2) is 163 Å². The van der Waals surface area contributed by atoms with Gasteiger partial charge in [0.2, 0.25) is 0 Å². The summed E-state index contributed by atoms with van der Waals surface area (Å²) >= 11 is 1.63. The van der Waals surface area contributed by atoms with Crippen molar-refractivity contribution in [3.8, 4) is 45.6 Å². The first-order valence-corrected chi connectivity index (χ1v) is 37.1. The lowest BCUT2D eigenvalue weighted by Crippen LogP contribution is -2.40. The number of benzene rings is 8. The first kappa shape index (κ1) is 75.2. The number of halogens is 8. The van der Waals surface area contributed by atoms with Crippen LogP contribution in [0.5, 0.6) is 0 Å². The molecule has 0 amide bonds. The molecule has 10 N–H and O–H groups in total. The number of hydrogen-bond acceptors (Lipinski definition) is 16. The van der Waals surface area contributed by atoms with Crippen LogP contribution in [0.2, 0.25) is 0 Å². The summed E-state index contributed by atoms with van der Waals surface area (Å²) in [6, 6.07) is 41.1. The predicted octanol–water partition coefficient (Wildman–Crippen LogP) is 16.3. The summed E-state index contributed by atoms with van der Waals surface area (Å²) in [7, 11) is 3.97. The molecule has 0 saturated carbocycles. The fraction of sp³-hybridized carbons (Fsp3) is 0.133. The van der Waals surface area contributed by atoms with Crippen LogP contribution >= 0.6 is 11.3 Å². The van der Waals surface area contributed by atoms with Crippen molar-refractivity contribution in [2.75, 3.05) is 46.8 Å². The van der Waals surface area contributed by atoms with E-state index in [-0.39, 0.29) is 40.2 Å². The van der Waals surface area contributed by atoms with Gasteiger partial charge in [-0.15, -0.1) is 11.3 Å². The second-order valence-corrected chi connectivity index (χ2v) is 28.3. The quantitative estimate of drug-likeness (QED) is 0.0337. The van der Waals surface area contributed by atoms with E-state index >= 15 is 0 Å². The lowest BCUT2D eigenvalue weighted by atomic mass is 10.0. The van der Waals surface area contributed by atoms with E-state index < -0.39 is 23.3 Å². The third-order valence-corrected chi connectivity index (χ3v) is 19.9. The standard InChI is InChI=1S/C22H15F2N5S.C21H20F2N6.2C20H16F2N6/c23-14-6-3-13(4-7-14)5-8-19-17-11-16(18(24)12-20(17)27-26-19)22-25-21(28-29-22)10-15-2-1-9-30-15;1-29(2)10-9-19-24-21(28-26-19)14-11-16-18(25-27-20(16)17(23)12-14)8-5-13-3-6-15(22)7-4-13;21-13-4-1-11(2-5-13)3-6-17-15-7-14(16(22)8-18(15)26-25-17)20-24-19(27-28-20)12-9-23-10-12;21-14-4-1-11(2-5-14)3-6-17-15-7-12(8-16(22)18(15)26-25-17)19-24-20(28-27-19)13-9-23-10-13/h1-9,11-12H,10H2,(H,26,27)(H,25,28,29);3-8,11-12H,9-10H2,1-2H3,(H,25,27)(H,24,26,28);1-8,12,23H,9-10H2,(H,25,26)(H,24,27,28);1-8,13,23H,9-10H2,(H,25,26)(H,24,27,28)/b2*8-5+;2*6-3+. The van der Waals surface area contributed by atoms with Crippen LogP contribution in [0, 0.1) is 46.5 Å². The minimum Gasteiger partial charge on any atom is -0.315 e. The Hall–Kier alpha value is -13.8. The molecule has 17 aromatic rings. The highest BCUT2D eigenvalue weighted by Gasteiger charge is 2.26. The van der Waals surface area contributed by atoms with Gasteiger partial charge in [-0.05, 0) is 157 Å². The predicted molar refractivity (Wildman–Crippen MR) is 428 cm³/mol. The Balaban J connectivity index is 0.000000115. The second kappa shape index (κ2) is 33.6. The monoisotopic (exact) mass is 1570 g/mol. The van der Waals surface area contributed by atoms with E-state index in [0.29, 0.717) is 108 Å². The van der Waals surface area contributed by atoms with Gasteiger partial charge in [-0.3, -0.25) is 40.8 Å². The van der Waals surface area contributed by atoms with Gasteiger partial charge in [-0.25, -0.2) is 55.1 Å². The maximum Gasteiger partial charge on any atom is 0.184 e. The molecule has 0 atom stereocenters. The number of nitrogens with zero attached hydrogens (tertiary/aromatic N) is 13. The SMILES string of the molecule is CN(C)CCc1nc(-c2cc(F)c3n[nH]c(/C=C/c4ccc(F)cc4)c3c2)n[nH]1.Fc1ccc(/C=C/c2[nH]nc3c(F)cc(-c4n[nH]c(C5CNC5)n4)cc23)cc1.Fc1ccc(/C=C/c2n[nH]c3cc(F)c(-c4n[nH]c(C5CNC5)n4)cc23)cc1.Fc1ccc(/C=C/c2n[nH]c3cc(F)c(-c4n[nH]c(Cc5cccs5)n4)cc23)cc1. The van der Waals surface area contributed by atoms with Crippen molar-refractivity contribution < 1.29 is 35.1 Å². The van der Waals surface area contributed by atoms with Crippen LogP contribution in [-0.2, 0) is 12.8 Å². The van der Waals surface area contributed by atoms with Gasteiger partial charge in [-0.2, -0.15) is 40.8 Å². The van der Waals surface area contributed by atoms with Crippen molar-refractivity contribution in [3.63, 3.8) is 0 Å². The van der Waals surface area contributed by atoms with Crippen LogP contribution in [0.1, 0.15) is 85.0 Å². The van der Waals surface area contributed by atoms with E-state index in [1.165, 1.54) is 72.8 Å². The van der Waals surface area contributed by atoms with Crippen LogP contribution < -0.4 is 10.6 Å². The van der Waals surface area contributed by atoms with E-state index in [9.17, 15) is 35.1 Å². The molecular formula is C83H67F8N23S. The van der Waals surface area contributed by atoms with Crippen molar-refractivity contribution in [1.82, 2.24) is 117 Å². The fourth-order valence-electron chi connectivity index (χ4n) is 12.5. The molecule has 0 unspecified atom stereocenters. The topological polar surface area (TPSA) is 308 Å². The van der Waals surface area contributed by atoms with E-state index in [1.807, 2.05) is 68.0 Å². The zero-order valence-corrected chi connectivity index (χ0v) is 61.9. The molecule has 0 spiro atoms. The fourth-order valence-corrected chi connectivity index (χ4v) is 13.2. The Morgan fingerprint density at radius 1 is 0.383 bits per heavy atom. The summed E-state index contributed by atoms with van der Waals surface area (Å²) in [5.41, 5.74) is 9.35. The first-order valence-electron chi connectivity index (χ1n) is 36.2. The van der Waals surface area contributed by atoms with Crippen molar-refractivity contribution in [3.05, 3.63) is 283 Å². The second-order valence-electron chi connectivity index (χ2n) is 27.3.